The molecule has 1 heterocycles. The van der Waals surface area contributed by atoms with E-state index >= 15 is 0 Å². The average molecular weight is 214 g/mol. The van der Waals surface area contributed by atoms with Crippen molar-refractivity contribution >= 4 is 11.9 Å². The summed E-state index contributed by atoms with van der Waals surface area (Å²) >= 11 is 0. The Morgan fingerprint density at radius 1 is 1.47 bits per heavy atom. The normalized spacial score (nSPS) is 26.5. The topological polar surface area (TPSA) is 69.6 Å². The molecular weight excluding hydrogens is 196 g/mol. The molecule has 0 saturated carbocycles. The molecule has 2 atom stereocenters. The van der Waals surface area contributed by atoms with Crippen LogP contribution in [0.5, 0.6) is 0 Å². The molecule has 5 heteroatoms. The second-order valence-corrected chi connectivity index (χ2v) is 4.16. The summed E-state index contributed by atoms with van der Waals surface area (Å²) in [6.07, 6.45) is 0. The van der Waals surface area contributed by atoms with Crippen LogP contribution in [0.3, 0.4) is 0 Å². The van der Waals surface area contributed by atoms with E-state index in [0.717, 1.165) is 13.1 Å². The second-order valence-electron chi connectivity index (χ2n) is 4.16. The van der Waals surface area contributed by atoms with Gasteiger partial charge < -0.3 is 15.3 Å². The van der Waals surface area contributed by atoms with E-state index in [9.17, 15) is 9.59 Å². The van der Waals surface area contributed by atoms with Crippen LogP contribution in [-0.4, -0.2) is 48.1 Å². The molecule has 0 aromatic rings. The van der Waals surface area contributed by atoms with E-state index in [1.807, 2.05) is 6.92 Å². The number of aliphatic carboxylic acids is 1. The summed E-state index contributed by atoms with van der Waals surface area (Å²) in [5.74, 6) is -0.830. The molecule has 0 radical (unpaired) electrons. The van der Waals surface area contributed by atoms with E-state index in [1.54, 1.807) is 0 Å². The van der Waals surface area contributed by atoms with Gasteiger partial charge in [0.1, 0.15) is 0 Å². The zero-order valence-corrected chi connectivity index (χ0v) is 9.19. The predicted octanol–water partition coefficient (Wildman–Crippen LogP) is -0.225. The monoisotopic (exact) mass is 214 g/mol. The Labute approximate surface area is 89.4 Å². The van der Waals surface area contributed by atoms with Crippen molar-refractivity contribution in [1.82, 2.24) is 10.2 Å². The molecule has 1 aliphatic heterocycles. The predicted molar refractivity (Wildman–Crippen MR) is 55.4 cm³/mol. The third-order valence-electron chi connectivity index (χ3n) is 2.81. The summed E-state index contributed by atoms with van der Waals surface area (Å²) in [6.45, 7) is 6.15. The van der Waals surface area contributed by atoms with Crippen LogP contribution in [0.15, 0.2) is 0 Å². The first-order chi connectivity index (χ1) is 7.00. The van der Waals surface area contributed by atoms with Gasteiger partial charge in [0, 0.05) is 33.1 Å². The fourth-order valence-electron chi connectivity index (χ4n) is 1.96. The van der Waals surface area contributed by atoms with Gasteiger partial charge in [-0.1, -0.05) is 6.92 Å². The van der Waals surface area contributed by atoms with E-state index in [4.69, 9.17) is 5.11 Å². The molecule has 0 aromatic heterocycles. The summed E-state index contributed by atoms with van der Waals surface area (Å²) in [5, 5.41) is 11.6. The molecule has 1 saturated heterocycles. The SMILES string of the molecule is CC(=O)NCCN1C[C@@H](C)[C@H](C(=O)O)C1. The van der Waals surface area contributed by atoms with Gasteiger partial charge in [0.25, 0.3) is 0 Å². The summed E-state index contributed by atoms with van der Waals surface area (Å²) in [6, 6.07) is 0. The third kappa shape index (κ3) is 3.51. The lowest BCUT2D eigenvalue weighted by Gasteiger charge is -2.14. The van der Waals surface area contributed by atoms with E-state index in [2.05, 4.69) is 10.2 Å². The number of carbonyl (C=O) groups is 2. The summed E-state index contributed by atoms with van der Waals surface area (Å²) in [4.78, 5) is 23.6. The van der Waals surface area contributed by atoms with Crippen molar-refractivity contribution < 1.29 is 14.7 Å². The molecule has 0 aromatic carbocycles. The van der Waals surface area contributed by atoms with Gasteiger partial charge in [-0.15, -0.1) is 0 Å². The fourth-order valence-corrected chi connectivity index (χ4v) is 1.96. The van der Waals surface area contributed by atoms with Gasteiger partial charge in [0.2, 0.25) is 5.91 Å². The maximum atomic E-state index is 10.8. The largest absolute Gasteiger partial charge is 0.481 e. The van der Waals surface area contributed by atoms with Gasteiger partial charge in [0.15, 0.2) is 0 Å². The molecule has 1 amide bonds. The van der Waals surface area contributed by atoms with E-state index in [-0.39, 0.29) is 17.7 Å². The number of amides is 1. The third-order valence-corrected chi connectivity index (χ3v) is 2.81. The van der Waals surface area contributed by atoms with Crippen LogP contribution in [0, 0.1) is 11.8 Å². The molecule has 2 N–H and O–H groups in total. The van der Waals surface area contributed by atoms with Crippen molar-refractivity contribution in [2.45, 2.75) is 13.8 Å². The second kappa shape index (κ2) is 5.11. The lowest BCUT2D eigenvalue weighted by molar-refractivity contribution is -0.142. The Morgan fingerprint density at radius 3 is 2.60 bits per heavy atom. The van der Waals surface area contributed by atoms with Crippen molar-refractivity contribution in [3.8, 4) is 0 Å². The minimum Gasteiger partial charge on any atom is -0.481 e. The van der Waals surface area contributed by atoms with Crippen LogP contribution >= 0.6 is 0 Å². The fraction of sp³-hybridized carbons (Fsp3) is 0.800. The molecule has 0 unspecified atom stereocenters. The Morgan fingerprint density at radius 2 is 2.13 bits per heavy atom. The quantitative estimate of drug-likeness (QED) is 0.678. The minimum atomic E-state index is -0.718. The van der Waals surface area contributed by atoms with Crippen LogP contribution in [-0.2, 0) is 9.59 Å². The maximum Gasteiger partial charge on any atom is 0.308 e. The smallest absolute Gasteiger partial charge is 0.308 e. The number of carboxylic acids is 1. The van der Waals surface area contributed by atoms with Gasteiger partial charge in [-0.3, -0.25) is 9.59 Å². The molecule has 0 aliphatic carbocycles. The zero-order valence-electron chi connectivity index (χ0n) is 9.19. The maximum absolute atomic E-state index is 10.8. The first kappa shape index (κ1) is 12.0. The van der Waals surface area contributed by atoms with Crippen LogP contribution in [0.4, 0.5) is 0 Å². The Kier molecular flexibility index (Phi) is 4.08. The van der Waals surface area contributed by atoms with Crippen molar-refractivity contribution in [3.05, 3.63) is 0 Å². The lowest BCUT2D eigenvalue weighted by atomic mass is 9.99. The highest BCUT2D eigenvalue weighted by atomic mass is 16.4. The van der Waals surface area contributed by atoms with Crippen LogP contribution < -0.4 is 5.32 Å². The number of carboxylic acid groups (broad SMARTS) is 1. The molecule has 1 fully saturated rings. The van der Waals surface area contributed by atoms with Crippen LogP contribution in [0.25, 0.3) is 0 Å². The van der Waals surface area contributed by atoms with Crippen molar-refractivity contribution in [2.24, 2.45) is 11.8 Å². The number of hydrogen-bond donors (Lipinski definition) is 2. The van der Waals surface area contributed by atoms with Gasteiger partial charge in [-0.25, -0.2) is 0 Å². The van der Waals surface area contributed by atoms with E-state index in [1.165, 1.54) is 6.92 Å². The van der Waals surface area contributed by atoms with Crippen LogP contribution in [0.2, 0.25) is 0 Å². The first-order valence-electron chi connectivity index (χ1n) is 5.20. The van der Waals surface area contributed by atoms with Gasteiger partial charge in [0.05, 0.1) is 5.92 Å². The zero-order chi connectivity index (χ0) is 11.4. The van der Waals surface area contributed by atoms with E-state index in [0.29, 0.717) is 13.1 Å². The number of nitrogens with zero attached hydrogens (tertiary/aromatic N) is 1. The summed E-state index contributed by atoms with van der Waals surface area (Å²) in [5.41, 5.74) is 0. The average Bonchev–Trinajstić information content (AvgIpc) is 2.46. The van der Waals surface area contributed by atoms with Crippen molar-refractivity contribution in [3.63, 3.8) is 0 Å². The number of hydrogen-bond acceptors (Lipinski definition) is 3. The number of rotatable bonds is 4. The van der Waals surface area contributed by atoms with Crippen molar-refractivity contribution in [1.29, 1.82) is 0 Å². The van der Waals surface area contributed by atoms with Gasteiger partial charge in [-0.05, 0) is 5.92 Å². The highest BCUT2D eigenvalue weighted by Crippen LogP contribution is 2.22. The number of carbonyl (C=O) groups excluding carboxylic acids is 1. The molecule has 86 valence electrons. The highest BCUT2D eigenvalue weighted by Gasteiger charge is 2.34. The van der Waals surface area contributed by atoms with Gasteiger partial charge in [-0.2, -0.15) is 0 Å². The summed E-state index contributed by atoms with van der Waals surface area (Å²) < 4.78 is 0. The molecule has 1 rings (SSSR count). The molecule has 0 bridgehead atoms. The Hall–Kier alpha value is -1.10. The Bertz CT molecular complexity index is 255. The Balaban J connectivity index is 2.29. The minimum absolute atomic E-state index is 0.0444. The standard InChI is InChI=1S/C10H18N2O3/c1-7-5-12(4-3-11-8(2)13)6-9(7)10(14)15/h7,9H,3-6H2,1-2H3,(H,11,13)(H,14,15)/t7-,9-/m1/s1. The first-order valence-corrected chi connectivity index (χ1v) is 5.20. The number of likely N-dealkylation sites (tertiary alicyclic amines) is 1. The highest BCUT2D eigenvalue weighted by molar-refractivity contribution is 5.72. The molecule has 1 aliphatic rings. The van der Waals surface area contributed by atoms with Gasteiger partial charge >= 0.3 is 5.97 Å². The molecule has 5 nitrogen and oxygen atoms in total. The van der Waals surface area contributed by atoms with Crippen molar-refractivity contribution in [2.75, 3.05) is 26.2 Å². The lowest BCUT2D eigenvalue weighted by Crippen LogP contribution is -2.33. The molecule has 15 heavy (non-hydrogen) atoms. The molecule has 0 spiro atoms. The van der Waals surface area contributed by atoms with Crippen LogP contribution in [0.1, 0.15) is 13.8 Å². The van der Waals surface area contributed by atoms with E-state index < -0.39 is 5.97 Å². The molecular formula is C10H18N2O3. The number of nitrogens with one attached hydrogen (secondary N) is 1. The summed E-state index contributed by atoms with van der Waals surface area (Å²) in [7, 11) is 0.